The Morgan fingerprint density at radius 2 is 2.12 bits per heavy atom. The third kappa shape index (κ3) is 4.28. The van der Waals surface area contributed by atoms with Crippen LogP contribution >= 0.6 is 11.6 Å². The monoisotopic (exact) mass is 359 g/mol. The van der Waals surface area contributed by atoms with Crippen molar-refractivity contribution in [3.05, 3.63) is 52.6 Å². The van der Waals surface area contributed by atoms with Gasteiger partial charge in [-0.2, -0.15) is 0 Å². The van der Waals surface area contributed by atoms with Crippen molar-refractivity contribution in [2.75, 3.05) is 0 Å². The second-order valence-corrected chi connectivity index (χ2v) is 7.20. The first-order chi connectivity index (χ1) is 11.9. The van der Waals surface area contributed by atoms with Gasteiger partial charge in [0.2, 0.25) is 0 Å². The van der Waals surface area contributed by atoms with Gasteiger partial charge in [-0.05, 0) is 31.0 Å². The molecule has 0 saturated heterocycles. The molecular weight excluding hydrogens is 338 g/mol. The van der Waals surface area contributed by atoms with Crippen LogP contribution in [0.2, 0.25) is 5.02 Å². The summed E-state index contributed by atoms with van der Waals surface area (Å²) in [6.45, 7) is 7.06. The standard InChI is InChI=1S/C19H22ClN3O2/c1-12(2)7-18-21-9-14-10-23(11-17(14)22-18)19(24)13(3)25-16-6-4-5-15(20)8-16/h4-6,8-9,12-13H,7,10-11H2,1-3H3/t13-/m0/s1. The summed E-state index contributed by atoms with van der Waals surface area (Å²) >= 11 is 5.96. The average molecular weight is 360 g/mol. The van der Waals surface area contributed by atoms with E-state index in [1.54, 1.807) is 36.1 Å². The van der Waals surface area contributed by atoms with Crippen molar-refractivity contribution in [3.8, 4) is 5.75 Å². The minimum atomic E-state index is -0.587. The molecule has 1 aliphatic rings. The molecule has 6 heteroatoms. The fraction of sp³-hybridized carbons (Fsp3) is 0.421. The van der Waals surface area contributed by atoms with E-state index in [0.29, 0.717) is 29.8 Å². The smallest absolute Gasteiger partial charge is 0.264 e. The highest BCUT2D eigenvalue weighted by Crippen LogP contribution is 2.23. The molecule has 5 nitrogen and oxygen atoms in total. The first-order valence-electron chi connectivity index (χ1n) is 8.47. The highest BCUT2D eigenvalue weighted by Gasteiger charge is 2.29. The fourth-order valence-corrected chi connectivity index (χ4v) is 3.05. The normalized spacial score (nSPS) is 14.5. The summed E-state index contributed by atoms with van der Waals surface area (Å²) in [5.74, 6) is 1.86. The number of benzene rings is 1. The lowest BCUT2D eigenvalue weighted by molar-refractivity contribution is -0.138. The van der Waals surface area contributed by atoms with Gasteiger partial charge in [0, 0.05) is 29.7 Å². The Hall–Kier alpha value is -2.14. The van der Waals surface area contributed by atoms with E-state index in [1.807, 2.05) is 6.20 Å². The Balaban J connectivity index is 1.65. The number of fused-ring (bicyclic) bond motifs is 1. The molecule has 0 saturated carbocycles. The number of amides is 1. The van der Waals surface area contributed by atoms with Crippen molar-refractivity contribution in [2.45, 2.75) is 46.4 Å². The molecule has 2 aromatic rings. The molecule has 0 unspecified atom stereocenters. The molecule has 0 bridgehead atoms. The van der Waals surface area contributed by atoms with Gasteiger partial charge < -0.3 is 9.64 Å². The molecule has 0 radical (unpaired) electrons. The predicted octanol–water partition coefficient (Wildman–Crippen LogP) is 3.64. The summed E-state index contributed by atoms with van der Waals surface area (Å²) in [6, 6.07) is 7.06. The number of nitrogens with zero attached hydrogens (tertiary/aromatic N) is 3. The minimum Gasteiger partial charge on any atom is -0.481 e. The first kappa shape index (κ1) is 17.7. The largest absolute Gasteiger partial charge is 0.481 e. The molecule has 0 fully saturated rings. The van der Waals surface area contributed by atoms with Gasteiger partial charge in [-0.3, -0.25) is 4.79 Å². The van der Waals surface area contributed by atoms with E-state index in [0.717, 1.165) is 23.5 Å². The molecule has 1 aromatic carbocycles. The highest BCUT2D eigenvalue weighted by atomic mass is 35.5. The molecule has 1 aliphatic heterocycles. The number of rotatable bonds is 5. The maximum Gasteiger partial charge on any atom is 0.264 e. The van der Waals surface area contributed by atoms with Crippen molar-refractivity contribution in [1.82, 2.24) is 14.9 Å². The van der Waals surface area contributed by atoms with Gasteiger partial charge in [0.25, 0.3) is 5.91 Å². The Bertz CT molecular complexity index is 779. The zero-order valence-electron chi connectivity index (χ0n) is 14.7. The van der Waals surface area contributed by atoms with Crippen LogP contribution in [-0.4, -0.2) is 26.9 Å². The number of ether oxygens (including phenoxy) is 1. The van der Waals surface area contributed by atoms with E-state index >= 15 is 0 Å². The van der Waals surface area contributed by atoms with Crippen LogP contribution in [0, 0.1) is 5.92 Å². The van der Waals surface area contributed by atoms with Crippen LogP contribution in [0.25, 0.3) is 0 Å². The molecule has 0 aliphatic carbocycles. The van der Waals surface area contributed by atoms with Crippen molar-refractivity contribution < 1.29 is 9.53 Å². The Morgan fingerprint density at radius 3 is 2.84 bits per heavy atom. The van der Waals surface area contributed by atoms with Gasteiger partial charge in [0.05, 0.1) is 12.2 Å². The van der Waals surface area contributed by atoms with Gasteiger partial charge in [0.15, 0.2) is 6.10 Å². The second-order valence-electron chi connectivity index (χ2n) is 6.77. The summed E-state index contributed by atoms with van der Waals surface area (Å²) in [5, 5.41) is 0.582. The molecule has 0 N–H and O–H groups in total. The average Bonchev–Trinajstić information content (AvgIpc) is 2.96. The van der Waals surface area contributed by atoms with Crippen molar-refractivity contribution in [1.29, 1.82) is 0 Å². The lowest BCUT2D eigenvalue weighted by atomic mass is 10.1. The lowest BCUT2D eigenvalue weighted by Gasteiger charge is -2.21. The number of hydrogen-bond donors (Lipinski definition) is 0. The van der Waals surface area contributed by atoms with Crippen LogP contribution in [0.4, 0.5) is 0 Å². The number of hydrogen-bond acceptors (Lipinski definition) is 4. The van der Waals surface area contributed by atoms with Crippen LogP contribution in [-0.2, 0) is 24.3 Å². The van der Waals surface area contributed by atoms with Crippen LogP contribution in [0.1, 0.15) is 37.9 Å². The molecule has 0 spiro atoms. The molecule has 132 valence electrons. The third-order valence-electron chi connectivity index (χ3n) is 4.07. The molecule has 1 amide bonds. The maximum atomic E-state index is 12.7. The van der Waals surface area contributed by atoms with Gasteiger partial charge in [-0.25, -0.2) is 9.97 Å². The van der Waals surface area contributed by atoms with Crippen molar-refractivity contribution in [3.63, 3.8) is 0 Å². The lowest BCUT2D eigenvalue weighted by Crippen LogP contribution is -2.37. The third-order valence-corrected chi connectivity index (χ3v) is 4.30. The second kappa shape index (κ2) is 7.40. The first-order valence-corrected chi connectivity index (χ1v) is 8.85. The van der Waals surface area contributed by atoms with Crippen LogP contribution in [0.3, 0.4) is 0 Å². The van der Waals surface area contributed by atoms with E-state index in [2.05, 4.69) is 23.8 Å². The number of halogens is 1. The van der Waals surface area contributed by atoms with E-state index in [9.17, 15) is 4.79 Å². The van der Waals surface area contributed by atoms with E-state index in [4.69, 9.17) is 16.3 Å². The van der Waals surface area contributed by atoms with Gasteiger partial charge in [-0.15, -0.1) is 0 Å². The van der Waals surface area contributed by atoms with E-state index in [-0.39, 0.29) is 5.91 Å². The van der Waals surface area contributed by atoms with E-state index < -0.39 is 6.10 Å². The number of carbonyl (C=O) groups is 1. The molecule has 1 aromatic heterocycles. The summed E-state index contributed by atoms with van der Waals surface area (Å²) in [4.78, 5) is 23.5. The van der Waals surface area contributed by atoms with Crippen molar-refractivity contribution in [2.24, 2.45) is 5.92 Å². The maximum absolute atomic E-state index is 12.7. The summed E-state index contributed by atoms with van der Waals surface area (Å²) in [5.41, 5.74) is 1.95. The number of aromatic nitrogens is 2. The Labute approximate surface area is 153 Å². The minimum absolute atomic E-state index is 0.0663. The Morgan fingerprint density at radius 1 is 1.32 bits per heavy atom. The molecule has 3 rings (SSSR count). The zero-order chi connectivity index (χ0) is 18.0. The van der Waals surface area contributed by atoms with Gasteiger partial charge in [0.1, 0.15) is 11.6 Å². The molecule has 25 heavy (non-hydrogen) atoms. The Kier molecular flexibility index (Phi) is 5.23. The zero-order valence-corrected chi connectivity index (χ0v) is 15.5. The predicted molar refractivity (Wildman–Crippen MR) is 96.4 cm³/mol. The fourth-order valence-electron chi connectivity index (χ4n) is 2.87. The SMILES string of the molecule is CC(C)Cc1ncc2c(n1)CN(C(=O)[C@H](C)Oc1cccc(Cl)c1)C2. The number of carbonyl (C=O) groups excluding carboxylic acids is 1. The molecule has 1 atom stereocenters. The quantitative estimate of drug-likeness (QED) is 0.817. The highest BCUT2D eigenvalue weighted by molar-refractivity contribution is 6.30. The topological polar surface area (TPSA) is 55.3 Å². The van der Waals surface area contributed by atoms with Crippen LogP contribution < -0.4 is 4.74 Å². The van der Waals surface area contributed by atoms with Crippen LogP contribution in [0.15, 0.2) is 30.5 Å². The van der Waals surface area contributed by atoms with Gasteiger partial charge >= 0.3 is 0 Å². The molecule has 2 heterocycles. The van der Waals surface area contributed by atoms with Gasteiger partial charge in [-0.1, -0.05) is 31.5 Å². The molecular formula is C19H22ClN3O2. The summed E-state index contributed by atoms with van der Waals surface area (Å²) < 4.78 is 5.73. The van der Waals surface area contributed by atoms with Crippen molar-refractivity contribution >= 4 is 17.5 Å². The summed E-state index contributed by atoms with van der Waals surface area (Å²) in [6.07, 6.45) is 2.10. The van der Waals surface area contributed by atoms with E-state index in [1.165, 1.54) is 0 Å². The van der Waals surface area contributed by atoms with Crippen LogP contribution in [0.5, 0.6) is 5.75 Å². The summed E-state index contributed by atoms with van der Waals surface area (Å²) in [7, 11) is 0.